The lowest BCUT2D eigenvalue weighted by atomic mass is 9.95. The van der Waals surface area contributed by atoms with Gasteiger partial charge in [-0.1, -0.05) is 0 Å². The molecule has 2 heterocycles. The first-order chi connectivity index (χ1) is 11.5. The molecule has 7 heteroatoms. The summed E-state index contributed by atoms with van der Waals surface area (Å²) in [6.07, 6.45) is 4.50. The molecule has 1 aliphatic heterocycles. The molecule has 1 saturated heterocycles. The second-order valence-corrected chi connectivity index (χ2v) is 6.95. The van der Waals surface area contributed by atoms with Gasteiger partial charge in [0.2, 0.25) is 11.8 Å². The summed E-state index contributed by atoms with van der Waals surface area (Å²) in [4.78, 5) is 30.5. The van der Waals surface area contributed by atoms with Crippen molar-refractivity contribution in [1.29, 1.82) is 0 Å². The van der Waals surface area contributed by atoms with Gasteiger partial charge in [-0.05, 0) is 46.0 Å². The van der Waals surface area contributed by atoms with E-state index in [4.69, 9.17) is 0 Å². The van der Waals surface area contributed by atoms with E-state index in [-0.39, 0.29) is 17.7 Å². The smallest absolute Gasteiger partial charge is 0.225 e. The van der Waals surface area contributed by atoms with E-state index in [0.717, 1.165) is 63.4 Å². The quantitative estimate of drug-likeness (QED) is 0.789. The predicted molar refractivity (Wildman–Crippen MR) is 89.2 cm³/mol. The molecule has 1 saturated carbocycles. The minimum absolute atomic E-state index is 0.0450. The largest absolute Gasteiger partial charge is 0.356 e. The summed E-state index contributed by atoms with van der Waals surface area (Å²) in [6, 6.07) is 0. The van der Waals surface area contributed by atoms with Crippen molar-refractivity contribution >= 4 is 11.8 Å². The maximum absolute atomic E-state index is 12.3. The van der Waals surface area contributed by atoms with Gasteiger partial charge in [-0.15, -0.1) is 0 Å². The SMILES string of the molecule is Cc1nc(C)n(CCCNC(=O)C2CCN(C(=O)C3CC3)CC2)n1. The third kappa shape index (κ3) is 4.13. The number of piperidine rings is 1. The highest BCUT2D eigenvalue weighted by atomic mass is 16.2. The van der Waals surface area contributed by atoms with Crippen LogP contribution >= 0.6 is 0 Å². The molecule has 0 unspecified atom stereocenters. The van der Waals surface area contributed by atoms with Crippen LogP contribution in [0.15, 0.2) is 0 Å². The summed E-state index contributed by atoms with van der Waals surface area (Å²) < 4.78 is 1.88. The van der Waals surface area contributed by atoms with Crippen LogP contribution < -0.4 is 5.32 Å². The Morgan fingerprint density at radius 1 is 1.12 bits per heavy atom. The normalized spacial score (nSPS) is 18.7. The Morgan fingerprint density at radius 2 is 1.83 bits per heavy atom. The molecule has 24 heavy (non-hydrogen) atoms. The Kier molecular flexibility index (Phi) is 5.16. The van der Waals surface area contributed by atoms with Gasteiger partial charge in [-0.2, -0.15) is 5.10 Å². The van der Waals surface area contributed by atoms with Crippen LogP contribution in [0.25, 0.3) is 0 Å². The zero-order chi connectivity index (χ0) is 17.1. The topological polar surface area (TPSA) is 80.1 Å². The molecular formula is C17H27N5O2. The van der Waals surface area contributed by atoms with Gasteiger partial charge in [-0.3, -0.25) is 14.3 Å². The minimum atomic E-state index is 0.0450. The molecule has 1 aromatic heterocycles. The zero-order valence-corrected chi connectivity index (χ0v) is 14.6. The summed E-state index contributed by atoms with van der Waals surface area (Å²) in [6.45, 7) is 6.69. The number of likely N-dealkylation sites (tertiary alicyclic amines) is 1. The monoisotopic (exact) mass is 333 g/mol. The van der Waals surface area contributed by atoms with Crippen LogP contribution in [0.1, 0.15) is 43.8 Å². The Labute approximate surface area is 142 Å². The number of carbonyl (C=O) groups is 2. The van der Waals surface area contributed by atoms with Crippen molar-refractivity contribution in [3.63, 3.8) is 0 Å². The van der Waals surface area contributed by atoms with Gasteiger partial charge in [0.15, 0.2) is 0 Å². The van der Waals surface area contributed by atoms with E-state index in [9.17, 15) is 9.59 Å². The molecule has 3 rings (SSSR count). The van der Waals surface area contributed by atoms with Crippen molar-refractivity contribution in [2.75, 3.05) is 19.6 Å². The number of nitrogens with one attached hydrogen (secondary N) is 1. The number of amides is 2. The van der Waals surface area contributed by atoms with Crippen LogP contribution in [0, 0.1) is 25.7 Å². The maximum atomic E-state index is 12.3. The number of hydrogen-bond donors (Lipinski definition) is 1. The van der Waals surface area contributed by atoms with Gasteiger partial charge in [0.1, 0.15) is 11.6 Å². The van der Waals surface area contributed by atoms with Crippen LogP contribution in [0.3, 0.4) is 0 Å². The number of rotatable bonds is 6. The lowest BCUT2D eigenvalue weighted by Crippen LogP contribution is -2.43. The molecule has 1 aromatic rings. The summed E-state index contributed by atoms with van der Waals surface area (Å²) in [5.74, 6) is 2.44. The maximum Gasteiger partial charge on any atom is 0.225 e. The van der Waals surface area contributed by atoms with Crippen LogP contribution in [-0.4, -0.2) is 51.1 Å². The number of carbonyl (C=O) groups excluding carboxylic acids is 2. The fourth-order valence-electron chi connectivity index (χ4n) is 3.31. The van der Waals surface area contributed by atoms with E-state index >= 15 is 0 Å². The first-order valence-electron chi connectivity index (χ1n) is 8.99. The average Bonchev–Trinajstić information content (AvgIpc) is 3.37. The van der Waals surface area contributed by atoms with Gasteiger partial charge in [0.05, 0.1) is 0 Å². The van der Waals surface area contributed by atoms with Crippen LogP contribution in [0.4, 0.5) is 0 Å². The minimum Gasteiger partial charge on any atom is -0.356 e. The summed E-state index contributed by atoms with van der Waals surface area (Å²) in [7, 11) is 0. The molecule has 1 N–H and O–H groups in total. The molecule has 7 nitrogen and oxygen atoms in total. The van der Waals surface area contributed by atoms with Crippen molar-refractivity contribution in [3.05, 3.63) is 11.6 Å². The van der Waals surface area contributed by atoms with E-state index in [1.54, 1.807) is 0 Å². The molecule has 0 aromatic carbocycles. The zero-order valence-electron chi connectivity index (χ0n) is 14.6. The molecule has 132 valence electrons. The van der Waals surface area contributed by atoms with Gasteiger partial charge < -0.3 is 10.2 Å². The average molecular weight is 333 g/mol. The summed E-state index contributed by atoms with van der Waals surface area (Å²) in [5, 5.41) is 7.34. The first kappa shape index (κ1) is 16.9. The van der Waals surface area contributed by atoms with E-state index < -0.39 is 0 Å². The van der Waals surface area contributed by atoms with E-state index in [1.165, 1.54) is 0 Å². The van der Waals surface area contributed by atoms with Crippen molar-refractivity contribution in [2.45, 2.75) is 52.5 Å². The van der Waals surface area contributed by atoms with Gasteiger partial charge in [0.25, 0.3) is 0 Å². The third-order valence-electron chi connectivity index (χ3n) is 4.91. The van der Waals surface area contributed by atoms with Gasteiger partial charge in [0, 0.05) is 38.0 Å². The number of hydrogen-bond acceptors (Lipinski definition) is 4. The Hall–Kier alpha value is -1.92. The van der Waals surface area contributed by atoms with Crippen LogP contribution in [0.2, 0.25) is 0 Å². The summed E-state index contributed by atoms with van der Waals surface area (Å²) in [5.41, 5.74) is 0. The van der Waals surface area contributed by atoms with E-state index in [0.29, 0.717) is 12.5 Å². The second-order valence-electron chi connectivity index (χ2n) is 6.95. The number of aryl methyl sites for hydroxylation is 3. The number of nitrogens with zero attached hydrogens (tertiary/aromatic N) is 4. The van der Waals surface area contributed by atoms with Crippen LogP contribution in [-0.2, 0) is 16.1 Å². The molecule has 2 aliphatic rings. The molecule has 2 fully saturated rings. The first-order valence-corrected chi connectivity index (χ1v) is 8.99. The Bertz CT molecular complexity index is 600. The number of aromatic nitrogens is 3. The predicted octanol–water partition coefficient (Wildman–Crippen LogP) is 1.05. The molecule has 1 aliphatic carbocycles. The Morgan fingerprint density at radius 3 is 2.42 bits per heavy atom. The van der Waals surface area contributed by atoms with Crippen molar-refractivity contribution < 1.29 is 9.59 Å². The summed E-state index contributed by atoms with van der Waals surface area (Å²) >= 11 is 0. The highest BCUT2D eigenvalue weighted by Crippen LogP contribution is 2.32. The van der Waals surface area contributed by atoms with E-state index in [2.05, 4.69) is 15.4 Å². The molecule has 0 bridgehead atoms. The lowest BCUT2D eigenvalue weighted by Gasteiger charge is -2.31. The van der Waals surface area contributed by atoms with Gasteiger partial charge >= 0.3 is 0 Å². The lowest BCUT2D eigenvalue weighted by molar-refractivity contribution is -0.136. The molecular weight excluding hydrogens is 306 g/mol. The van der Waals surface area contributed by atoms with Crippen molar-refractivity contribution in [3.8, 4) is 0 Å². The fraction of sp³-hybridized carbons (Fsp3) is 0.765. The van der Waals surface area contributed by atoms with Crippen molar-refractivity contribution in [1.82, 2.24) is 25.0 Å². The molecule has 0 radical (unpaired) electrons. The Balaban J connectivity index is 1.34. The third-order valence-corrected chi connectivity index (χ3v) is 4.91. The van der Waals surface area contributed by atoms with Gasteiger partial charge in [-0.25, -0.2) is 4.98 Å². The standard InChI is InChI=1S/C17H27N5O2/c1-12-19-13(2)22(20-12)9-3-8-18-16(23)14-6-10-21(11-7-14)17(24)15-4-5-15/h14-15H,3-11H2,1-2H3,(H,18,23). The molecule has 0 atom stereocenters. The molecule has 2 amide bonds. The second kappa shape index (κ2) is 7.32. The fourth-order valence-corrected chi connectivity index (χ4v) is 3.31. The molecule has 0 spiro atoms. The van der Waals surface area contributed by atoms with Crippen LogP contribution in [0.5, 0.6) is 0 Å². The van der Waals surface area contributed by atoms with E-state index in [1.807, 2.05) is 23.4 Å². The van der Waals surface area contributed by atoms with Crippen molar-refractivity contribution in [2.24, 2.45) is 11.8 Å². The highest BCUT2D eigenvalue weighted by Gasteiger charge is 2.35. The highest BCUT2D eigenvalue weighted by molar-refractivity contribution is 5.82.